The van der Waals surface area contributed by atoms with Gasteiger partial charge in [0.1, 0.15) is 6.04 Å². The van der Waals surface area contributed by atoms with E-state index in [1.807, 2.05) is 13.8 Å². The molecule has 0 heterocycles. The van der Waals surface area contributed by atoms with Crippen molar-refractivity contribution in [3.05, 3.63) is 0 Å². The van der Waals surface area contributed by atoms with E-state index in [2.05, 4.69) is 10.6 Å². The second kappa shape index (κ2) is 7.33. The van der Waals surface area contributed by atoms with Gasteiger partial charge in [0.2, 0.25) is 0 Å². The zero-order chi connectivity index (χ0) is 14.4. The summed E-state index contributed by atoms with van der Waals surface area (Å²) >= 11 is 0. The number of nitrogens with one attached hydrogen (secondary N) is 2. The first-order chi connectivity index (χ1) is 8.95. The highest BCUT2D eigenvalue weighted by atomic mass is 16.4. The predicted octanol–water partition coefficient (Wildman–Crippen LogP) is 1.05. The SMILES string of the molecule is CCC(C)C(NC(=O)NC1CCCCC1N)C(=O)O. The molecule has 1 aliphatic carbocycles. The molecule has 2 amide bonds. The molecular weight excluding hydrogens is 246 g/mol. The molecule has 0 aliphatic heterocycles. The highest BCUT2D eigenvalue weighted by molar-refractivity contribution is 5.82. The first kappa shape index (κ1) is 15.8. The summed E-state index contributed by atoms with van der Waals surface area (Å²) in [4.78, 5) is 23.0. The number of carbonyl (C=O) groups excluding carboxylic acids is 1. The monoisotopic (exact) mass is 271 g/mol. The third-order valence-corrected chi connectivity index (χ3v) is 3.90. The smallest absolute Gasteiger partial charge is 0.326 e. The minimum Gasteiger partial charge on any atom is -0.480 e. The van der Waals surface area contributed by atoms with Crippen LogP contribution in [0, 0.1) is 5.92 Å². The van der Waals surface area contributed by atoms with E-state index in [0.717, 1.165) is 25.7 Å². The maximum atomic E-state index is 11.9. The van der Waals surface area contributed by atoms with Gasteiger partial charge in [-0.25, -0.2) is 9.59 Å². The summed E-state index contributed by atoms with van der Waals surface area (Å²) in [6.45, 7) is 3.71. The van der Waals surface area contributed by atoms with Crippen molar-refractivity contribution in [3.63, 3.8) is 0 Å². The number of rotatable bonds is 5. The molecule has 0 radical (unpaired) electrons. The van der Waals surface area contributed by atoms with E-state index >= 15 is 0 Å². The van der Waals surface area contributed by atoms with Gasteiger partial charge in [-0.1, -0.05) is 33.1 Å². The Labute approximate surface area is 114 Å². The predicted molar refractivity (Wildman–Crippen MR) is 72.8 cm³/mol. The Bertz CT molecular complexity index is 322. The highest BCUT2D eigenvalue weighted by Gasteiger charge is 2.28. The lowest BCUT2D eigenvalue weighted by Crippen LogP contribution is -2.55. The van der Waals surface area contributed by atoms with Gasteiger partial charge in [0.05, 0.1) is 0 Å². The van der Waals surface area contributed by atoms with Crippen LogP contribution in [0.15, 0.2) is 0 Å². The molecule has 0 saturated heterocycles. The van der Waals surface area contributed by atoms with Crippen LogP contribution in [0.4, 0.5) is 4.79 Å². The van der Waals surface area contributed by atoms with Crippen LogP contribution in [-0.2, 0) is 4.79 Å². The lowest BCUT2D eigenvalue weighted by atomic mass is 9.91. The quantitative estimate of drug-likeness (QED) is 0.600. The van der Waals surface area contributed by atoms with E-state index in [0.29, 0.717) is 6.42 Å². The molecule has 1 rings (SSSR count). The number of aliphatic carboxylic acids is 1. The van der Waals surface area contributed by atoms with Crippen molar-refractivity contribution in [1.29, 1.82) is 0 Å². The number of amides is 2. The van der Waals surface area contributed by atoms with E-state index in [4.69, 9.17) is 10.8 Å². The topological polar surface area (TPSA) is 104 Å². The Morgan fingerprint density at radius 2 is 2.00 bits per heavy atom. The number of hydrogen-bond donors (Lipinski definition) is 4. The molecule has 4 atom stereocenters. The van der Waals surface area contributed by atoms with Crippen LogP contribution in [-0.4, -0.2) is 35.2 Å². The number of carboxylic acid groups (broad SMARTS) is 1. The number of carbonyl (C=O) groups is 2. The molecule has 6 heteroatoms. The van der Waals surface area contributed by atoms with Crippen molar-refractivity contribution in [1.82, 2.24) is 10.6 Å². The third-order valence-electron chi connectivity index (χ3n) is 3.90. The fraction of sp³-hybridized carbons (Fsp3) is 0.846. The summed E-state index contributed by atoms with van der Waals surface area (Å²) in [7, 11) is 0. The lowest BCUT2D eigenvalue weighted by molar-refractivity contribution is -0.140. The normalized spacial score (nSPS) is 26.3. The molecule has 0 bridgehead atoms. The molecule has 5 N–H and O–H groups in total. The molecule has 4 unspecified atom stereocenters. The fourth-order valence-corrected chi connectivity index (χ4v) is 2.37. The molecule has 19 heavy (non-hydrogen) atoms. The van der Waals surface area contributed by atoms with E-state index in [-0.39, 0.29) is 18.0 Å². The zero-order valence-electron chi connectivity index (χ0n) is 11.7. The third kappa shape index (κ3) is 4.70. The van der Waals surface area contributed by atoms with E-state index < -0.39 is 18.0 Å². The van der Waals surface area contributed by atoms with E-state index in [9.17, 15) is 9.59 Å². The van der Waals surface area contributed by atoms with Crippen LogP contribution in [0.2, 0.25) is 0 Å². The molecule has 1 aliphatic rings. The summed E-state index contributed by atoms with van der Waals surface area (Å²) in [5.41, 5.74) is 5.95. The van der Waals surface area contributed by atoms with Crippen LogP contribution >= 0.6 is 0 Å². The van der Waals surface area contributed by atoms with Crippen molar-refractivity contribution in [3.8, 4) is 0 Å². The second-order valence-electron chi connectivity index (χ2n) is 5.37. The summed E-state index contributed by atoms with van der Waals surface area (Å²) in [6, 6.07) is -1.38. The largest absolute Gasteiger partial charge is 0.480 e. The maximum absolute atomic E-state index is 11.9. The van der Waals surface area contributed by atoms with Crippen LogP contribution in [0.25, 0.3) is 0 Å². The van der Waals surface area contributed by atoms with Crippen LogP contribution in [0.3, 0.4) is 0 Å². The van der Waals surface area contributed by atoms with Crippen molar-refractivity contribution >= 4 is 12.0 Å². The fourth-order valence-electron chi connectivity index (χ4n) is 2.37. The Morgan fingerprint density at radius 3 is 2.53 bits per heavy atom. The number of nitrogens with two attached hydrogens (primary N) is 1. The van der Waals surface area contributed by atoms with Crippen molar-refractivity contribution in [2.24, 2.45) is 11.7 Å². The summed E-state index contributed by atoms with van der Waals surface area (Å²) in [5.74, 6) is -1.11. The minimum atomic E-state index is -1.00. The van der Waals surface area contributed by atoms with Crippen LogP contribution in [0.1, 0.15) is 46.0 Å². The van der Waals surface area contributed by atoms with Gasteiger partial charge in [0.25, 0.3) is 0 Å². The molecular formula is C13H25N3O3. The number of carboxylic acids is 1. The van der Waals surface area contributed by atoms with E-state index in [1.54, 1.807) is 0 Å². The molecule has 6 nitrogen and oxygen atoms in total. The Morgan fingerprint density at radius 1 is 1.37 bits per heavy atom. The first-order valence-electron chi connectivity index (χ1n) is 7.01. The molecule has 1 saturated carbocycles. The van der Waals surface area contributed by atoms with Crippen molar-refractivity contribution in [2.75, 3.05) is 0 Å². The van der Waals surface area contributed by atoms with Crippen molar-refractivity contribution < 1.29 is 14.7 Å². The molecule has 0 spiro atoms. The molecule has 0 aromatic carbocycles. The van der Waals surface area contributed by atoms with Crippen LogP contribution in [0.5, 0.6) is 0 Å². The minimum absolute atomic E-state index is 0.0358. The van der Waals surface area contributed by atoms with Gasteiger partial charge in [-0.3, -0.25) is 0 Å². The Kier molecular flexibility index (Phi) is 6.08. The van der Waals surface area contributed by atoms with Gasteiger partial charge < -0.3 is 21.5 Å². The Hall–Kier alpha value is -1.30. The van der Waals surface area contributed by atoms with Crippen molar-refractivity contribution in [2.45, 2.75) is 64.1 Å². The number of urea groups is 1. The lowest BCUT2D eigenvalue weighted by Gasteiger charge is -2.30. The summed E-state index contributed by atoms with van der Waals surface area (Å²) in [5, 5.41) is 14.4. The van der Waals surface area contributed by atoms with Gasteiger partial charge in [-0.2, -0.15) is 0 Å². The average Bonchev–Trinajstić information content (AvgIpc) is 2.37. The molecule has 1 fully saturated rings. The summed E-state index contributed by atoms with van der Waals surface area (Å²) < 4.78 is 0. The maximum Gasteiger partial charge on any atom is 0.326 e. The Balaban J connectivity index is 2.50. The van der Waals surface area contributed by atoms with Gasteiger partial charge in [0, 0.05) is 12.1 Å². The van der Waals surface area contributed by atoms with Gasteiger partial charge >= 0.3 is 12.0 Å². The average molecular weight is 271 g/mol. The second-order valence-corrected chi connectivity index (χ2v) is 5.37. The van der Waals surface area contributed by atoms with Gasteiger partial charge in [0.15, 0.2) is 0 Å². The zero-order valence-corrected chi connectivity index (χ0v) is 11.7. The standard InChI is InChI=1S/C13H25N3O3/c1-3-8(2)11(12(17)18)16-13(19)15-10-7-5-4-6-9(10)14/h8-11H,3-7,14H2,1-2H3,(H,17,18)(H2,15,16,19). The van der Waals surface area contributed by atoms with Crippen LogP contribution < -0.4 is 16.4 Å². The molecule has 0 aromatic heterocycles. The highest BCUT2D eigenvalue weighted by Crippen LogP contribution is 2.16. The van der Waals surface area contributed by atoms with Gasteiger partial charge in [-0.15, -0.1) is 0 Å². The molecule has 110 valence electrons. The van der Waals surface area contributed by atoms with E-state index in [1.165, 1.54) is 0 Å². The number of hydrogen-bond acceptors (Lipinski definition) is 3. The van der Waals surface area contributed by atoms with Gasteiger partial charge in [-0.05, 0) is 18.8 Å². The summed E-state index contributed by atoms with van der Waals surface area (Å²) in [6.07, 6.45) is 4.59. The molecule has 0 aromatic rings. The first-order valence-corrected chi connectivity index (χ1v) is 7.01.